The Kier molecular flexibility index (Phi) is 9.85. The van der Waals surface area contributed by atoms with Gasteiger partial charge in [0, 0.05) is 38.9 Å². The highest BCUT2D eigenvalue weighted by Gasteiger charge is 2.16. The van der Waals surface area contributed by atoms with Gasteiger partial charge in [-0.1, -0.05) is 50.5 Å². The van der Waals surface area contributed by atoms with Gasteiger partial charge in [-0.25, -0.2) is 4.98 Å². The van der Waals surface area contributed by atoms with E-state index in [-0.39, 0.29) is 0 Å². The average molecular weight is 426 g/mol. The van der Waals surface area contributed by atoms with Gasteiger partial charge >= 0.3 is 0 Å². The van der Waals surface area contributed by atoms with Crippen LogP contribution in [-0.2, 0) is 0 Å². The van der Waals surface area contributed by atoms with Crippen molar-refractivity contribution < 1.29 is 0 Å². The van der Waals surface area contributed by atoms with Gasteiger partial charge in [0.2, 0.25) is 5.95 Å². The molecule has 31 heavy (non-hydrogen) atoms. The summed E-state index contributed by atoms with van der Waals surface area (Å²) in [4.78, 5) is 14.1. The predicted octanol–water partition coefficient (Wildman–Crippen LogP) is 5.53. The van der Waals surface area contributed by atoms with Crippen molar-refractivity contribution in [1.29, 1.82) is 0 Å². The molecule has 0 aromatic carbocycles. The molecule has 1 unspecified atom stereocenters. The second-order valence-corrected chi connectivity index (χ2v) is 9.71. The van der Waals surface area contributed by atoms with Crippen LogP contribution in [0.15, 0.2) is 36.1 Å². The van der Waals surface area contributed by atoms with Gasteiger partial charge in [0.1, 0.15) is 5.82 Å². The first-order valence-electron chi connectivity index (χ1n) is 12.4. The molecule has 1 atom stereocenters. The molecule has 1 N–H and O–H groups in total. The highest BCUT2D eigenvalue weighted by molar-refractivity contribution is 5.42. The summed E-state index contributed by atoms with van der Waals surface area (Å²) in [6.07, 6.45) is 19.2. The van der Waals surface area contributed by atoms with Crippen molar-refractivity contribution in [2.45, 2.75) is 65.2 Å². The maximum Gasteiger partial charge on any atom is 0.224 e. The summed E-state index contributed by atoms with van der Waals surface area (Å²) in [5, 5.41) is 3.44. The number of anilines is 2. The van der Waals surface area contributed by atoms with Gasteiger partial charge in [-0.2, -0.15) is 4.98 Å². The van der Waals surface area contributed by atoms with E-state index in [0.29, 0.717) is 5.92 Å². The van der Waals surface area contributed by atoms with Crippen LogP contribution in [0.25, 0.3) is 0 Å². The van der Waals surface area contributed by atoms with Crippen molar-refractivity contribution in [3.63, 3.8) is 0 Å². The van der Waals surface area contributed by atoms with Gasteiger partial charge < -0.3 is 15.1 Å². The van der Waals surface area contributed by atoms with Gasteiger partial charge in [-0.3, -0.25) is 0 Å². The maximum atomic E-state index is 4.77. The molecule has 0 spiro atoms. The summed E-state index contributed by atoms with van der Waals surface area (Å²) >= 11 is 0. The molecule has 0 bridgehead atoms. The fourth-order valence-corrected chi connectivity index (χ4v) is 4.59. The number of hydrogen-bond donors (Lipinski definition) is 1. The largest absolute Gasteiger partial charge is 0.356 e. The van der Waals surface area contributed by atoms with E-state index in [9.17, 15) is 0 Å². The van der Waals surface area contributed by atoms with Gasteiger partial charge in [0.25, 0.3) is 0 Å². The van der Waals surface area contributed by atoms with Crippen LogP contribution in [0.5, 0.6) is 0 Å². The summed E-state index contributed by atoms with van der Waals surface area (Å²) in [6.45, 7) is 9.78. The standard InChI is InChI=1S/C26H43N5/c1-22(2)9-8-10-23-11-13-24(14-12-23)21-30(3)20-17-28-26-27-16-15-25(29-26)31-18-6-4-5-7-19-31/h8-9,11,15-16,22,24H,4-7,10,12-14,17-21H2,1-3H3,(H,27,28,29)/b9-8+. The molecule has 1 aliphatic carbocycles. The first kappa shape index (κ1) is 23.8. The topological polar surface area (TPSA) is 44.3 Å². The molecule has 172 valence electrons. The number of allylic oxidation sites excluding steroid dienone is 4. The van der Waals surface area contributed by atoms with E-state index >= 15 is 0 Å². The molecule has 0 amide bonds. The molecule has 3 rings (SSSR count). The smallest absolute Gasteiger partial charge is 0.224 e. The molecular weight excluding hydrogens is 382 g/mol. The van der Waals surface area contributed by atoms with E-state index in [1.54, 1.807) is 5.57 Å². The Morgan fingerprint density at radius 1 is 1.23 bits per heavy atom. The summed E-state index contributed by atoms with van der Waals surface area (Å²) in [6, 6.07) is 2.05. The van der Waals surface area contributed by atoms with E-state index in [4.69, 9.17) is 4.98 Å². The van der Waals surface area contributed by atoms with E-state index in [0.717, 1.165) is 50.3 Å². The quantitative estimate of drug-likeness (QED) is 0.499. The molecule has 0 radical (unpaired) electrons. The molecule has 1 saturated heterocycles. The van der Waals surface area contributed by atoms with Crippen LogP contribution >= 0.6 is 0 Å². The number of likely N-dealkylation sites (N-methyl/N-ethyl adjacent to an activating group) is 1. The summed E-state index contributed by atoms with van der Waals surface area (Å²) in [5.74, 6) is 3.27. The Morgan fingerprint density at radius 2 is 2.03 bits per heavy atom. The number of aromatic nitrogens is 2. The van der Waals surface area contributed by atoms with E-state index < -0.39 is 0 Å². The monoisotopic (exact) mass is 425 g/mol. The Balaban J connectivity index is 1.36. The lowest BCUT2D eigenvalue weighted by Gasteiger charge is -2.27. The predicted molar refractivity (Wildman–Crippen MR) is 133 cm³/mol. The molecule has 1 fully saturated rings. The van der Waals surface area contributed by atoms with Crippen LogP contribution in [-0.4, -0.2) is 54.6 Å². The van der Waals surface area contributed by atoms with Gasteiger partial charge in [-0.05, 0) is 63.5 Å². The first-order valence-corrected chi connectivity index (χ1v) is 12.4. The minimum atomic E-state index is 0.654. The molecule has 1 aromatic heterocycles. The molecule has 1 aromatic rings. The molecule has 5 heteroatoms. The van der Waals surface area contributed by atoms with Crippen molar-refractivity contribution in [2.24, 2.45) is 11.8 Å². The van der Waals surface area contributed by atoms with Crippen LogP contribution in [0.2, 0.25) is 0 Å². The van der Waals surface area contributed by atoms with Gasteiger partial charge in [-0.15, -0.1) is 0 Å². The fraction of sp³-hybridized carbons (Fsp3) is 0.692. The average Bonchev–Trinajstić information content (AvgIpc) is 3.05. The van der Waals surface area contributed by atoms with Gasteiger partial charge in [0.05, 0.1) is 0 Å². The van der Waals surface area contributed by atoms with Crippen molar-refractivity contribution in [1.82, 2.24) is 14.9 Å². The molecule has 5 nitrogen and oxygen atoms in total. The van der Waals surface area contributed by atoms with E-state index in [1.165, 1.54) is 51.5 Å². The van der Waals surface area contributed by atoms with Gasteiger partial charge in [0.15, 0.2) is 0 Å². The second-order valence-electron chi connectivity index (χ2n) is 9.71. The molecular formula is C26H43N5. The summed E-state index contributed by atoms with van der Waals surface area (Å²) in [5.41, 5.74) is 1.62. The second kappa shape index (κ2) is 12.8. The van der Waals surface area contributed by atoms with E-state index in [1.807, 2.05) is 12.3 Å². The summed E-state index contributed by atoms with van der Waals surface area (Å²) < 4.78 is 0. The molecule has 2 aliphatic rings. The zero-order chi connectivity index (χ0) is 21.9. The van der Waals surface area contributed by atoms with Crippen molar-refractivity contribution >= 4 is 11.8 Å². The van der Waals surface area contributed by atoms with Crippen molar-refractivity contribution in [2.75, 3.05) is 50.0 Å². The molecule has 0 saturated carbocycles. The zero-order valence-electron chi connectivity index (χ0n) is 20.0. The number of rotatable bonds is 10. The van der Waals surface area contributed by atoms with Crippen LogP contribution in [0.3, 0.4) is 0 Å². The Bertz CT molecular complexity index is 704. The Morgan fingerprint density at radius 3 is 2.74 bits per heavy atom. The molecule has 1 aliphatic heterocycles. The van der Waals surface area contributed by atoms with E-state index in [2.05, 4.69) is 59.2 Å². The Labute approximate surface area is 190 Å². The lowest BCUT2D eigenvalue weighted by Crippen LogP contribution is -2.31. The third-order valence-corrected chi connectivity index (χ3v) is 6.43. The van der Waals surface area contributed by atoms with Crippen molar-refractivity contribution in [3.8, 4) is 0 Å². The third-order valence-electron chi connectivity index (χ3n) is 6.43. The maximum absolute atomic E-state index is 4.77. The highest BCUT2D eigenvalue weighted by Crippen LogP contribution is 2.26. The lowest BCUT2D eigenvalue weighted by molar-refractivity contribution is 0.271. The van der Waals surface area contributed by atoms with Crippen LogP contribution < -0.4 is 10.2 Å². The Hall–Kier alpha value is -1.88. The minimum Gasteiger partial charge on any atom is -0.356 e. The lowest BCUT2D eigenvalue weighted by atomic mass is 9.88. The summed E-state index contributed by atoms with van der Waals surface area (Å²) in [7, 11) is 2.24. The molecule has 2 heterocycles. The fourth-order valence-electron chi connectivity index (χ4n) is 4.59. The third kappa shape index (κ3) is 8.64. The zero-order valence-corrected chi connectivity index (χ0v) is 20.0. The normalized spacial score (nSPS) is 20.4. The SMILES string of the molecule is CC(C)/C=C/CC1=CCC(CN(C)CCNc2nccc(N3CCCCCC3)n2)CC1. The highest BCUT2D eigenvalue weighted by atomic mass is 15.2. The van der Waals surface area contributed by atoms with Crippen LogP contribution in [0.4, 0.5) is 11.8 Å². The first-order chi connectivity index (χ1) is 15.1. The van der Waals surface area contributed by atoms with Crippen molar-refractivity contribution in [3.05, 3.63) is 36.1 Å². The number of nitrogens with zero attached hydrogens (tertiary/aromatic N) is 4. The van der Waals surface area contributed by atoms with Crippen LogP contribution in [0, 0.1) is 11.8 Å². The van der Waals surface area contributed by atoms with Crippen LogP contribution in [0.1, 0.15) is 65.2 Å². The number of nitrogens with one attached hydrogen (secondary N) is 1. The number of hydrogen-bond acceptors (Lipinski definition) is 5. The minimum absolute atomic E-state index is 0.654.